The van der Waals surface area contributed by atoms with Gasteiger partial charge in [0, 0.05) is 13.0 Å². The van der Waals surface area contributed by atoms with E-state index in [0.29, 0.717) is 23.0 Å². The fourth-order valence-electron chi connectivity index (χ4n) is 2.48. The van der Waals surface area contributed by atoms with Crippen molar-refractivity contribution in [2.75, 3.05) is 6.54 Å². The van der Waals surface area contributed by atoms with Gasteiger partial charge in [-0.05, 0) is 12.1 Å². The van der Waals surface area contributed by atoms with Crippen LogP contribution in [0.5, 0.6) is 0 Å². The Kier molecular flexibility index (Phi) is 4.28. The van der Waals surface area contributed by atoms with Crippen LogP contribution in [0.2, 0.25) is 0 Å². The first kappa shape index (κ1) is 15.7. The SMILES string of the molecule is CCc1ocnc1C(=O)NCCn1[nH]c(=O)c2ccccc2c1=O. The molecule has 0 aliphatic rings. The van der Waals surface area contributed by atoms with Crippen LogP contribution in [0.4, 0.5) is 0 Å². The van der Waals surface area contributed by atoms with Gasteiger partial charge in [-0.1, -0.05) is 19.1 Å². The molecule has 124 valence electrons. The van der Waals surface area contributed by atoms with Crippen LogP contribution in [0.3, 0.4) is 0 Å². The normalized spacial score (nSPS) is 10.9. The van der Waals surface area contributed by atoms with Crippen LogP contribution in [-0.2, 0) is 13.0 Å². The van der Waals surface area contributed by atoms with E-state index < -0.39 is 0 Å². The first-order valence-electron chi connectivity index (χ1n) is 7.54. The number of carbonyl (C=O) groups excluding carboxylic acids is 1. The number of carbonyl (C=O) groups is 1. The zero-order chi connectivity index (χ0) is 17.1. The average molecular weight is 328 g/mol. The molecule has 2 aromatic heterocycles. The summed E-state index contributed by atoms with van der Waals surface area (Å²) in [4.78, 5) is 40.3. The smallest absolute Gasteiger partial charge is 0.273 e. The van der Waals surface area contributed by atoms with Crippen molar-refractivity contribution in [3.63, 3.8) is 0 Å². The Morgan fingerprint density at radius 1 is 1.29 bits per heavy atom. The quantitative estimate of drug-likeness (QED) is 0.715. The van der Waals surface area contributed by atoms with Crippen molar-refractivity contribution in [3.05, 3.63) is 62.8 Å². The third-order valence-corrected chi connectivity index (χ3v) is 3.68. The molecule has 8 nitrogen and oxygen atoms in total. The van der Waals surface area contributed by atoms with Crippen molar-refractivity contribution in [1.29, 1.82) is 0 Å². The van der Waals surface area contributed by atoms with Crippen molar-refractivity contribution in [2.24, 2.45) is 0 Å². The molecule has 1 amide bonds. The second-order valence-corrected chi connectivity index (χ2v) is 5.18. The summed E-state index contributed by atoms with van der Waals surface area (Å²) >= 11 is 0. The monoisotopic (exact) mass is 328 g/mol. The minimum atomic E-state index is -0.378. The van der Waals surface area contributed by atoms with E-state index in [0.717, 1.165) is 0 Å². The zero-order valence-electron chi connectivity index (χ0n) is 13.0. The lowest BCUT2D eigenvalue weighted by atomic mass is 10.2. The van der Waals surface area contributed by atoms with Crippen LogP contribution in [0.1, 0.15) is 23.2 Å². The van der Waals surface area contributed by atoms with Crippen LogP contribution < -0.4 is 16.4 Å². The molecule has 3 rings (SSSR count). The van der Waals surface area contributed by atoms with E-state index >= 15 is 0 Å². The fraction of sp³-hybridized carbons (Fsp3) is 0.250. The number of oxazole rings is 1. The van der Waals surface area contributed by atoms with Gasteiger partial charge in [0.2, 0.25) is 0 Å². The summed E-state index contributed by atoms with van der Waals surface area (Å²) in [7, 11) is 0. The van der Waals surface area contributed by atoms with E-state index in [1.165, 1.54) is 11.1 Å². The van der Waals surface area contributed by atoms with Gasteiger partial charge in [0.05, 0.1) is 17.3 Å². The topological polar surface area (TPSA) is 110 Å². The zero-order valence-corrected chi connectivity index (χ0v) is 13.0. The van der Waals surface area contributed by atoms with Gasteiger partial charge in [0.15, 0.2) is 12.1 Å². The van der Waals surface area contributed by atoms with Crippen molar-refractivity contribution in [2.45, 2.75) is 19.9 Å². The van der Waals surface area contributed by atoms with Crippen LogP contribution in [0.25, 0.3) is 10.8 Å². The molecule has 24 heavy (non-hydrogen) atoms. The van der Waals surface area contributed by atoms with Crippen molar-refractivity contribution in [1.82, 2.24) is 20.1 Å². The molecule has 2 heterocycles. The third kappa shape index (κ3) is 2.85. The fourth-order valence-corrected chi connectivity index (χ4v) is 2.48. The predicted molar refractivity (Wildman–Crippen MR) is 87.0 cm³/mol. The van der Waals surface area contributed by atoms with Gasteiger partial charge in [-0.2, -0.15) is 0 Å². The molecule has 0 aliphatic heterocycles. The molecule has 0 radical (unpaired) electrons. The van der Waals surface area contributed by atoms with Crippen LogP contribution in [0, 0.1) is 0 Å². The first-order chi connectivity index (χ1) is 11.6. The van der Waals surface area contributed by atoms with Gasteiger partial charge >= 0.3 is 0 Å². The number of nitrogens with one attached hydrogen (secondary N) is 2. The van der Waals surface area contributed by atoms with Gasteiger partial charge in [-0.25, -0.2) is 9.67 Å². The standard InChI is InChI=1S/C16H16N4O4/c1-2-12-13(18-9-24-12)15(22)17-7-8-20-16(23)11-6-4-3-5-10(11)14(21)19-20/h3-6,9H,2,7-8H2,1H3,(H,17,22)(H,19,21). The molecule has 0 aliphatic carbocycles. The van der Waals surface area contributed by atoms with Crippen LogP contribution in [-0.4, -0.2) is 27.2 Å². The summed E-state index contributed by atoms with van der Waals surface area (Å²) in [6, 6.07) is 6.60. The molecule has 3 aromatic rings. The number of benzene rings is 1. The number of hydrogen-bond donors (Lipinski definition) is 2. The molecule has 2 N–H and O–H groups in total. The van der Waals surface area contributed by atoms with E-state index in [1.807, 2.05) is 6.92 Å². The average Bonchev–Trinajstić information content (AvgIpc) is 3.08. The number of nitrogens with zero attached hydrogens (tertiary/aromatic N) is 2. The number of amides is 1. The Bertz CT molecular complexity index is 999. The van der Waals surface area contributed by atoms with E-state index in [2.05, 4.69) is 15.4 Å². The summed E-state index contributed by atoms with van der Waals surface area (Å²) < 4.78 is 6.30. The van der Waals surface area contributed by atoms with Crippen molar-refractivity contribution in [3.8, 4) is 0 Å². The van der Waals surface area contributed by atoms with E-state index in [-0.39, 0.29) is 35.8 Å². The Balaban J connectivity index is 1.75. The highest BCUT2D eigenvalue weighted by Gasteiger charge is 2.15. The minimum absolute atomic E-state index is 0.143. The first-order valence-corrected chi connectivity index (χ1v) is 7.54. The lowest BCUT2D eigenvalue weighted by Crippen LogP contribution is -2.35. The number of fused-ring (bicyclic) bond motifs is 1. The number of aromatic nitrogens is 3. The molecule has 1 aromatic carbocycles. The van der Waals surface area contributed by atoms with Crippen molar-refractivity contribution < 1.29 is 9.21 Å². The van der Waals surface area contributed by atoms with Gasteiger partial charge in [0.1, 0.15) is 5.76 Å². The predicted octanol–water partition coefficient (Wildman–Crippen LogP) is 0.670. The molecule has 0 saturated carbocycles. The second-order valence-electron chi connectivity index (χ2n) is 5.18. The highest BCUT2D eigenvalue weighted by Crippen LogP contribution is 2.06. The summed E-state index contributed by atoms with van der Waals surface area (Å²) in [5.74, 6) is 0.126. The van der Waals surface area contributed by atoms with Gasteiger partial charge in [0.25, 0.3) is 17.0 Å². The van der Waals surface area contributed by atoms with Crippen LogP contribution in [0.15, 0.2) is 44.7 Å². The highest BCUT2D eigenvalue weighted by atomic mass is 16.3. The maximum absolute atomic E-state index is 12.3. The van der Waals surface area contributed by atoms with Crippen molar-refractivity contribution >= 4 is 16.7 Å². The Morgan fingerprint density at radius 2 is 2.04 bits per heavy atom. The minimum Gasteiger partial charge on any atom is -0.448 e. The Hall–Kier alpha value is -3.16. The Labute approximate surface area is 136 Å². The Morgan fingerprint density at radius 3 is 2.79 bits per heavy atom. The number of aryl methyl sites for hydroxylation is 1. The molecule has 0 unspecified atom stereocenters. The molecular weight excluding hydrogens is 312 g/mol. The van der Waals surface area contributed by atoms with Crippen LogP contribution >= 0.6 is 0 Å². The maximum atomic E-state index is 12.3. The molecule has 0 fully saturated rings. The lowest BCUT2D eigenvalue weighted by molar-refractivity contribution is 0.0945. The third-order valence-electron chi connectivity index (χ3n) is 3.68. The van der Waals surface area contributed by atoms with Gasteiger partial charge < -0.3 is 9.73 Å². The molecule has 8 heteroatoms. The van der Waals surface area contributed by atoms with Gasteiger partial charge in [-0.15, -0.1) is 0 Å². The van der Waals surface area contributed by atoms with E-state index in [1.54, 1.807) is 24.3 Å². The highest BCUT2D eigenvalue weighted by molar-refractivity contribution is 5.93. The number of rotatable bonds is 5. The second kappa shape index (κ2) is 6.53. The molecule has 0 atom stereocenters. The summed E-state index contributed by atoms with van der Waals surface area (Å²) in [5.41, 5.74) is -0.423. The number of H-pyrrole nitrogens is 1. The maximum Gasteiger partial charge on any atom is 0.273 e. The number of aromatic amines is 1. The summed E-state index contributed by atoms with van der Waals surface area (Å²) in [6.07, 6.45) is 1.78. The van der Waals surface area contributed by atoms with E-state index in [4.69, 9.17) is 4.42 Å². The van der Waals surface area contributed by atoms with E-state index in [9.17, 15) is 14.4 Å². The molecular formula is C16H16N4O4. The lowest BCUT2D eigenvalue weighted by Gasteiger charge is -2.08. The summed E-state index contributed by atoms with van der Waals surface area (Å²) in [5, 5.41) is 5.86. The largest absolute Gasteiger partial charge is 0.448 e. The molecule has 0 saturated heterocycles. The number of hydrogen-bond acceptors (Lipinski definition) is 5. The molecule has 0 bridgehead atoms. The summed E-state index contributed by atoms with van der Waals surface area (Å²) in [6.45, 7) is 2.17. The molecule has 0 spiro atoms. The van der Waals surface area contributed by atoms with Gasteiger partial charge in [-0.3, -0.25) is 19.5 Å².